The maximum absolute atomic E-state index is 11.5. The Balaban J connectivity index is 2.19. The van der Waals surface area contributed by atoms with Gasteiger partial charge < -0.3 is 4.74 Å². The minimum Gasteiger partial charge on any atom is -0.427 e. The zero-order valence-corrected chi connectivity index (χ0v) is 8.58. The fourth-order valence-corrected chi connectivity index (χ4v) is 2.11. The molecule has 1 unspecified atom stereocenters. The maximum Gasteiger partial charge on any atom is 0.339 e. The Bertz CT molecular complexity index is 299. The molecule has 0 bridgehead atoms. The average molecular weight is 192 g/mol. The number of carbonyl (C=O) groups excluding carboxylic acids is 1. The van der Waals surface area contributed by atoms with Gasteiger partial charge in [0, 0.05) is 11.5 Å². The summed E-state index contributed by atoms with van der Waals surface area (Å²) >= 11 is 0. The number of ether oxygens (including phenoxy) is 1. The summed E-state index contributed by atoms with van der Waals surface area (Å²) in [6, 6.07) is 0. The lowest BCUT2D eigenvalue weighted by Crippen LogP contribution is -2.06. The Morgan fingerprint density at radius 3 is 3.29 bits per heavy atom. The van der Waals surface area contributed by atoms with Crippen LogP contribution in [-0.2, 0) is 9.53 Å². The molecule has 0 saturated carbocycles. The number of unbranched alkanes of at least 4 members (excludes halogenated alkanes) is 1. The van der Waals surface area contributed by atoms with E-state index in [0.717, 1.165) is 37.0 Å². The van der Waals surface area contributed by atoms with E-state index in [2.05, 4.69) is 13.0 Å². The Morgan fingerprint density at radius 1 is 1.64 bits per heavy atom. The van der Waals surface area contributed by atoms with Gasteiger partial charge in [-0.3, -0.25) is 0 Å². The molecule has 1 fully saturated rings. The highest BCUT2D eigenvalue weighted by Crippen LogP contribution is 2.38. The standard InChI is InChI=1S/C12H16O2/c1-2-3-8-11-9-6-4-5-7-10(9)12(13)14-11/h7-9H,2-6H2,1H3/b11-8-. The lowest BCUT2D eigenvalue weighted by atomic mass is 9.88. The van der Waals surface area contributed by atoms with Crippen LogP contribution in [0, 0.1) is 5.92 Å². The van der Waals surface area contributed by atoms with E-state index in [-0.39, 0.29) is 11.9 Å². The van der Waals surface area contributed by atoms with Crippen LogP contribution in [0.1, 0.15) is 39.0 Å². The van der Waals surface area contributed by atoms with Gasteiger partial charge in [-0.2, -0.15) is 0 Å². The molecule has 0 spiro atoms. The molecular weight excluding hydrogens is 176 g/mol. The van der Waals surface area contributed by atoms with E-state index in [0.29, 0.717) is 0 Å². The van der Waals surface area contributed by atoms with Gasteiger partial charge in [0.25, 0.3) is 0 Å². The van der Waals surface area contributed by atoms with Crippen molar-refractivity contribution in [2.75, 3.05) is 0 Å². The van der Waals surface area contributed by atoms with Crippen molar-refractivity contribution in [3.63, 3.8) is 0 Å². The van der Waals surface area contributed by atoms with Crippen LogP contribution in [0.5, 0.6) is 0 Å². The molecular formula is C12H16O2. The zero-order valence-electron chi connectivity index (χ0n) is 8.58. The maximum atomic E-state index is 11.5. The smallest absolute Gasteiger partial charge is 0.339 e. The van der Waals surface area contributed by atoms with E-state index in [1.807, 2.05) is 6.08 Å². The first-order valence-corrected chi connectivity index (χ1v) is 5.45. The lowest BCUT2D eigenvalue weighted by Gasteiger charge is -2.13. The molecule has 0 amide bonds. The summed E-state index contributed by atoms with van der Waals surface area (Å²) < 4.78 is 5.26. The minimum atomic E-state index is -0.114. The summed E-state index contributed by atoms with van der Waals surface area (Å²) in [6.07, 6.45) is 9.51. The number of carbonyl (C=O) groups is 1. The fourth-order valence-electron chi connectivity index (χ4n) is 2.11. The summed E-state index contributed by atoms with van der Waals surface area (Å²) in [4.78, 5) is 11.5. The lowest BCUT2D eigenvalue weighted by molar-refractivity contribution is -0.132. The van der Waals surface area contributed by atoms with Gasteiger partial charge in [0.05, 0.1) is 0 Å². The van der Waals surface area contributed by atoms with Crippen LogP contribution in [0.3, 0.4) is 0 Å². The quantitative estimate of drug-likeness (QED) is 0.629. The first kappa shape index (κ1) is 9.50. The number of allylic oxidation sites excluding steroid dienone is 3. The SMILES string of the molecule is CCC/C=C1\OC(=O)C2=CCCCC21. The third kappa shape index (κ3) is 1.61. The summed E-state index contributed by atoms with van der Waals surface area (Å²) in [5.41, 5.74) is 0.901. The third-order valence-electron chi connectivity index (χ3n) is 2.86. The van der Waals surface area contributed by atoms with E-state index in [4.69, 9.17) is 4.74 Å². The topological polar surface area (TPSA) is 26.3 Å². The van der Waals surface area contributed by atoms with Crippen molar-refractivity contribution in [1.29, 1.82) is 0 Å². The van der Waals surface area contributed by atoms with E-state index >= 15 is 0 Å². The van der Waals surface area contributed by atoms with Crippen molar-refractivity contribution in [3.8, 4) is 0 Å². The number of hydrogen-bond donors (Lipinski definition) is 0. The second-order valence-corrected chi connectivity index (χ2v) is 3.93. The summed E-state index contributed by atoms with van der Waals surface area (Å²) in [5.74, 6) is 1.07. The molecule has 1 saturated heterocycles. The second-order valence-electron chi connectivity index (χ2n) is 3.93. The van der Waals surface area contributed by atoms with Crippen molar-refractivity contribution in [2.24, 2.45) is 5.92 Å². The van der Waals surface area contributed by atoms with Gasteiger partial charge >= 0.3 is 5.97 Å². The Morgan fingerprint density at radius 2 is 2.50 bits per heavy atom. The van der Waals surface area contributed by atoms with Crippen LogP contribution in [0.25, 0.3) is 0 Å². The van der Waals surface area contributed by atoms with Crippen LogP contribution < -0.4 is 0 Å². The van der Waals surface area contributed by atoms with Crippen molar-refractivity contribution < 1.29 is 9.53 Å². The van der Waals surface area contributed by atoms with E-state index in [1.54, 1.807) is 0 Å². The molecule has 0 aromatic carbocycles. The highest BCUT2D eigenvalue weighted by molar-refractivity contribution is 5.93. The molecule has 1 heterocycles. The van der Waals surface area contributed by atoms with Gasteiger partial charge in [-0.05, 0) is 31.8 Å². The highest BCUT2D eigenvalue weighted by atomic mass is 16.5. The molecule has 1 aliphatic carbocycles. The molecule has 0 aromatic rings. The zero-order chi connectivity index (χ0) is 9.97. The Labute approximate surface area is 84.6 Å². The molecule has 2 nitrogen and oxygen atoms in total. The summed E-state index contributed by atoms with van der Waals surface area (Å²) in [5, 5.41) is 0. The summed E-state index contributed by atoms with van der Waals surface area (Å²) in [6.45, 7) is 2.13. The van der Waals surface area contributed by atoms with E-state index in [9.17, 15) is 4.79 Å². The highest BCUT2D eigenvalue weighted by Gasteiger charge is 2.36. The molecule has 1 aliphatic heterocycles. The van der Waals surface area contributed by atoms with Crippen LogP contribution in [-0.4, -0.2) is 5.97 Å². The molecule has 2 aliphatic rings. The monoisotopic (exact) mass is 192 g/mol. The molecule has 0 radical (unpaired) electrons. The largest absolute Gasteiger partial charge is 0.427 e. The number of hydrogen-bond acceptors (Lipinski definition) is 2. The first-order chi connectivity index (χ1) is 6.83. The molecule has 2 rings (SSSR count). The molecule has 76 valence electrons. The van der Waals surface area contributed by atoms with Gasteiger partial charge in [0.1, 0.15) is 5.76 Å². The van der Waals surface area contributed by atoms with Gasteiger partial charge in [-0.1, -0.05) is 19.4 Å². The van der Waals surface area contributed by atoms with Crippen molar-refractivity contribution in [2.45, 2.75) is 39.0 Å². The number of fused-ring (bicyclic) bond motifs is 1. The second kappa shape index (κ2) is 3.99. The number of rotatable bonds is 2. The molecule has 0 N–H and O–H groups in total. The Hall–Kier alpha value is -1.05. The Kier molecular flexibility index (Phi) is 2.71. The molecule has 0 aromatic heterocycles. The van der Waals surface area contributed by atoms with Crippen LogP contribution >= 0.6 is 0 Å². The van der Waals surface area contributed by atoms with Gasteiger partial charge in [0.2, 0.25) is 0 Å². The van der Waals surface area contributed by atoms with Crippen LogP contribution in [0.2, 0.25) is 0 Å². The van der Waals surface area contributed by atoms with Crippen LogP contribution in [0.4, 0.5) is 0 Å². The first-order valence-electron chi connectivity index (χ1n) is 5.45. The van der Waals surface area contributed by atoms with Crippen molar-refractivity contribution >= 4 is 5.97 Å². The predicted molar refractivity (Wildman–Crippen MR) is 54.5 cm³/mol. The van der Waals surface area contributed by atoms with Gasteiger partial charge in [-0.25, -0.2) is 4.79 Å². The van der Waals surface area contributed by atoms with Gasteiger partial charge in [0.15, 0.2) is 0 Å². The van der Waals surface area contributed by atoms with E-state index < -0.39 is 0 Å². The average Bonchev–Trinajstić information content (AvgIpc) is 2.54. The van der Waals surface area contributed by atoms with E-state index in [1.165, 1.54) is 6.42 Å². The number of cyclic esters (lactones) is 1. The normalized spacial score (nSPS) is 28.6. The number of esters is 1. The fraction of sp³-hybridized carbons (Fsp3) is 0.583. The molecule has 1 atom stereocenters. The molecule has 2 heteroatoms. The minimum absolute atomic E-state index is 0.114. The third-order valence-corrected chi connectivity index (χ3v) is 2.86. The predicted octanol–water partition coefficient (Wildman–Crippen LogP) is 2.95. The summed E-state index contributed by atoms with van der Waals surface area (Å²) in [7, 11) is 0. The van der Waals surface area contributed by atoms with Gasteiger partial charge in [-0.15, -0.1) is 0 Å². The molecule has 14 heavy (non-hydrogen) atoms. The van der Waals surface area contributed by atoms with Crippen molar-refractivity contribution in [3.05, 3.63) is 23.5 Å². The van der Waals surface area contributed by atoms with Crippen LogP contribution in [0.15, 0.2) is 23.5 Å². The van der Waals surface area contributed by atoms with Crippen molar-refractivity contribution in [1.82, 2.24) is 0 Å².